The van der Waals surface area contributed by atoms with Gasteiger partial charge in [-0.1, -0.05) is 30.3 Å². The van der Waals surface area contributed by atoms with Gasteiger partial charge < -0.3 is 10.0 Å². The minimum absolute atomic E-state index is 0.122. The van der Waals surface area contributed by atoms with Crippen LogP contribution in [0.15, 0.2) is 30.3 Å². The molecule has 1 aliphatic rings. The summed E-state index contributed by atoms with van der Waals surface area (Å²) in [5.41, 5.74) is 1.47. The molecule has 1 saturated heterocycles. The summed E-state index contributed by atoms with van der Waals surface area (Å²) in [4.78, 5) is 15.5. The number of hydrogen-bond acceptors (Lipinski definition) is 3. The SMILES string of the molecule is CC1(C)CN(CCCC(=O)O)CCN1Cc1ccccc1. The Bertz CT molecular complexity index is 459. The van der Waals surface area contributed by atoms with Crippen molar-refractivity contribution >= 4 is 5.97 Å². The first kappa shape index (κ1) is 16.0. The summed E-state index contributed by atoms with van der Waals surface area (Å²) in [6, 6.07) is 10.6. The molecule has 4 heteroatoms. The standard InChI is InChI=1S/C17H26N2O2/c1-17(2)14-18(10-6-9-16(20)21)11-12-19(17)13-15-7-4-3-5-8-15/h3-5,7-8H,6,9-14H2,1-2H3,(H,20,21). The van der Waals surface area contributed by atoms with Crippen molar-refractivity contribution < 1.29 is 9.90 Å². The number of piperazine rings is 1. The fourth-order valence-corrected chi connectivity index (χ4v) is 3.03. The molecule has 21 heavy (non-hydrogen) atoms. The topological polar surface area (TPSA) is 43.8 Å². The first-order chi connectivity index (χ1) is 9.97. The van der Waals surface area contributed by atoms with Gasteiger partial charge in [-0.05, 0) is 32.4 Å². The molecule has 0 atom stereocenters. The summed E-state index contributed by atoms with van der Waals surface area (Å²) in [7, 11) is 0. The Hall–Kier alpha value is -1.39. The fraction of sp³-hybridized carbons (Fsp3) is 0.588. The predicted octanol–water partition coefficient (Wildman–Crippen LogP) is 2.45. The van der Waals surface area contributed by atoms with Crippen molar-refractivity contribution in [1.82, 2.24) is 9.80 Å². The van der Waals surface area contributed by atoms with Crippen molar-refractivity contribution in [3.05, 3.63) is 35.9 Å². The first-order valence-electron chi connectivity index (χ1n) is 7.70. The van der Waals surface area contributed by atoms with E-state index in [1.54, 1.807) is 0 Å². The highest BCUT2D eigenvalue weighted by Gasteiger charge is 2.33. The number of hydrogen-bond donors (Lipinski definition) is 1. The van der Waals surface area contributed by atoms with E-state index in [9.17, 15) is 4.79 Å². The highest BCUT2D eigenvalue weighted by molar-refractivity contribution is 5.66. The van der Waals surface area contributed by atoms with Crippen molar-refractivity contribution in [3.63, 3.8) is 0 Å². The zero-order chi connectivity index (χ0) is 15.3. The molecular weight excluding hydrogens is 264 g/mol. The Morgan fingerprint density at radius 1 is 1.24 bits per heavy atom. The van der Waals surface area contributed by atoms with Gasteiger partial charge in [0.2, 0.25) is 0 Å². The summed E-state index contributed by atoms with van der Waals surface area (Å²) < 4.78 is 0. The van der Waals surface area contributed by atoms with Crippen LogP contribution in [0.4, 0.5) is 0 Å². The number of aliphatic carboxylic acids is 1. The zero-order valence-corrected chi connectivity index (χ0v) is 13.1. The monoisotopic (exact) mass is 290 g/mol. The molecule has 116 valence electrons. The van der Waals surface area contributed by atoms with Gasteiger partial charge in [0.15, 0.2) is 0 Å². The lowest BCUT2D eigenvalue weighted by molar-refractivity contribution is -0.137. The van der Waals surface area contributed by atoms with Crippen LogP contribution in [0.3, 0.4) is 0 Å². The van der Waals surface area contributed by atoms with E-state index in [1.807, 2.05) is 0 Å². The van der Waals surface area contributed by atoms with E-state index in [0.717, 1.165) is 39.1 Å². The lowest BCUT2D eigenvalue weighted by Crippen LogP contribution is -2.58. The van der Waals surface area contributed by atoms with Gasteiger partial charge in [0.1, 0.15) is 0 Å². The maximum atomic E-state index is 10.6. The second-order valence-corrected chi connectivity index (χ2v) is 6.49. The molecule has 1 aromatic carbocycles. The molecule has 0 saturated carbocycles. The molecule has 1 aromatic rings. The van der Waals surface area contributed by atoms with Crippen molar-refractivity contribution in [2.45, 2.75) is 38.8 Å². The number of rotatable bonds is 6. The molecule has 0 unspecified atom stereocenters. The first-order valence-corrected chi connectivity index (χ1v) is 7.70. The average molecular weight is 290 g/mol. The fourth-order valence-electron chi connectivity index (χ4n) is 3.03. The third-order valence-corrected chi connectivity index (χ3v) is 4.23. The minimum Gasteiger partial charge on any atom is -0.481 e. The number of carbonyl (C=O) groups is 1. The third kappa shape index (κ3) is 4.83. The molecule has 0 aromatic heterocycles. The van der Waals surface area contributed by atoms with Crippen molar-refractivity contribution in [2.75, 3.05) is 26.2 Å². The molecule has 4 nitrogen and oxygen atoms in total. The molecule has 1 fully saturated rings. The number of benzene rings is 1. The minimum atomic E-state index is -0.697. The summed E-state index contributed by atoms with van der Waals surface area (Å²) in [5, 5.41) is 8.73. The van der Waals surface area contributed by atoms with Crippen LogP contribution in [0.5, 0.6) is 0 Å². The Morgan fingerprint density at radius 3 is 2.57 bits per heavy atom. The highest BCUT2D eigenvalue weighted by atomic mass is 16.4. The summed E-state index contributed by atoms with van der Waals surface area (Å²) >= 11 is 0. The largest absolute Gasteiger partial charge is 0.481 e. The molecule has 0 amide bonds. The molecular formula is C17H26N2O2. The summed E-state index contributed by atoms with van der Waals surface area (Å²) in [5.74, 6) is -0.697. The highest BCUT2D eigenvalue weighted by Crippen LogP contribution is 2.23. The maximum Gasteiger partial charge on any atom is 0.303 e. The molecule has 1 N–H and O–H groups in total. The Balaban J connectivity index is 1.86. The van der Waals surface area contributed by atoms with E-state index < -0.39 is 5.97 Å². The summed E-state index contributed by atoms with van der Waals surface area (Å²) in [6.07, 6.45) is 1.01. The molecule has 1 aliphatic heterocycles. The van der Waals surface area contributed by atoms with Gasteiger partial charge >= 0.3 is 5.97 Å². The van der Waals surface area contributed by atoms with Gasteiger partial charge in [0.25, 0.3) is 0 Å². The third-order valence-electron chi connectivity index (χ3n) is 4.23. The lowest BCUT2D eigenvalue weighted by Gasteiger charge is -2.47. The maximum absolute atomic E-state index is 10.6. The molecule has 0 bridgehead atoms. The van der Waals surface area contributed by atoms with Crippen molar-refractivity contribution in [2.24, 2.45) is 0 Å². The van der Waals surface area contributed by atoms with E-state index in [1.165, 1.54) is 5.56 Å². The Kier molecular flexibility index (Phi) is 5.37. The van der Waals surface area contributed by atoms with E-state index in [-0.39, 0.29) is 12.0 Å². The number of carboxylic acids is 1. The van der Waals surface area contributed by atoms with Crippen LogP contribution in [-0.2, 0) is 11.3 Å². The molecule has 2 rings (SSSR count). The number of nitrogens with zero attached hydrogens (tertiary/aromatic N) is 2. The second kappa shape index (κ2) is 7.05. The van der Waals surface area contributed by atoms with Crippen LogP contribution < -0.4 is 0 Å². The Labute approximate surface area is 127 Å². The van der Waals surface area contributed by atoms with E-state index in [4.69, 9.17) is 5.11 Å². The lowest BCUT2D eigenvalue weighted by atomic mass is 9.97. The van der Waals surface area contributed by atoms with Gasteiger partial charge in [-0.15, -0.1) is 0 Å². The van der Waals surface area contributed by atoms with Crippen LogP contribution in [0, 0.1) is 0 Å². The van der Waals surface area contributed by atoms with Gasteiger partial charge in [-0.25, -0.2) is 0 Å². The second-order valence-electron chi connectivity index (χ2n) is 6.49. The molecule has 0 aliphatic carbocycles. The Morgan fingerprint density at radius 2 is 1.95 bits per heavy atom. The van der Waals surface area contributed by atoms with Crippen LogP contribution in [-0.4, -0.2) is 52.6 Å². The predicted molar refractivity (Wildman–Crippen MR) is 84.2 cm³/mol. The van der Waals surface area contributed by atoms with E-state index >= 15 is 0 Å². The zero-order valence-electron chi connectivity index (χ0n) is 13.1. The van der Waals surface area contributed by atoms with Crippen molar-refractivity contribution in [1.29, 1.82) is 0 Å². The quantitative estimate of drug-likeness (QED) is 0.874. The molecule has 0 spiro atoms. The summed E-state index contributed by atoms with van der Waals surface area (Å²) in [6.45, 7) is 9.48. The molecule has 1 heterocycles. The van der Waals surface area contributed by atoms with E-state index in [0.29, 0.717) is 0 Å². The van der Waals surface area contributed by atoms with Crippen LogP contribution in [0.25, 0.3) is 0 Å². The van der Waals surface area contributed by atoms with Gasteiger partial charge in [-0.3, -0.25) is 9.69 Å². The van der Waals surface area contributed by atoms with Crippen molar-refractivity contribution in [3.8, 4) is 0 Å². The van der Waals surface area contributed by atoms with Crippen LogP contribution in [0.2, 0.25) is 0 Å². The van der Waals surface area contributed by atoms with Gasteiger partial charge in [-0.2, -0.15) is 0 Å². The van der Waals surface area contributed by atoms with E-state index in [2.05, 4.69) is 54.0 Å². The number of carboxylic acid groups (broad SMARTS) is 1. The molecule has 0 radical (unpaired) electrons. The van der Waals surface area contributed by atoms with Crippen LogP contribution in [0.1, 0.15) is 32.3 Å². The van der Waals surface area contributed by atoms with Crippen LogP contribution >= 0.6 is 0 Å². The smallest absolute Gasteiger partial charge is 0.303 e. The normalized spacial score (nSPS) is 19.5. The average Bonchev–Trinajstić information content (AvgIpc) is 2.42. The van der Waals surface area contributed by atoms with Gasteiger partial charge in [0.05, 0.1) is 0 Å². The van der Waals surface area contributed by atoms with Gasteiger partial charge in [0, 0.05) is 38.1 Å².